The highest BCUT2D eigenvalue weighted by Gasteiger charge is 2.30. The average Bonchev–Trinajstić information content (AvgIpc) is 2.31. The summed E-state index contributed by atoms with van der Waals surface area (Å²) in [4.78, 5) is 0. The van der Waals surface area contributed by atoms with Gasteiger partial charge in [0.05, 0.1) is 23.5 Å². The Bertz CT molecular complexity index is 401. The van der Waals surface area contributed by atoms with Crippen LogP contribution in [0.4, 0.5) is 24.5 Å². The van der Waals surface area contributed by atoms with E-state index in [0.29, 0.717) is 12.3 Å². The van der Waals surface area contributed by atoms with Gasteiger partial charge in [-0.2, -0.15) is 13.2 Å². The first kappa shape index (κ1) is 15.6. The third kappa shape index (κ3) is 4.63. The summed E-state index contributed by atoms with van der Waals surface area (Å²) in [5, 5.41) is 3.11. The molecule has 1 atom stereocenters. The fourth-order valence-corrected chi connectivity index (χ4v) is 1.84. The largest absolute Gasteiger partial charge is 0.416 e. The number of nitrogens with two attached hydrogens (primary N) is 1. The molecule has 108 valence electrons. The second kappa shape index (κ2) is 6.65. The molecular formula is C13H19F3N2O. The highest BCUT2D eigenvalue weighted by atomic mass is 19.4. The number of alkyl halides is 3. The molecule has 1 unspecified atom stereocenters. The van der Waals surface area contributed by atoms with Crippen LogP contribution in [-0.4, -0.2) is 19.8 Å². The van der Waals surface area contributed by atoms with Crippen molar-refractivity contribution in [3.8, 4) is 0 Å². The number of nitrogens with one attached hydrogen (secondary N) is 1. The first-order valence-electron chi connectivity index (χ1n) is 6.10. The smallest absolute Gasteiger partial charge is 0.397 e. The quantitative estimate of drug-likeness (QED) is 0.782. The molecule has 0 amide bonds. The van der Waals surface area contributed by atoms with Crippen molar-refractivity contribution in [2.24, 2.45) is 0 Å². The molecule has 1 aromatic rings. The van der Waals surface area contributed by atoms with E-state index in [1.807, 2.05) is 6.92 Å². The molecule has 0 fully saturated rings. The van der Waals surface area contributed by atoms with E-state index in [0.717, 1.165) is 25.0 Å². The maximum atomic E-state index is 12.5. The Morgan fingerprint density at radius 1 is 1.37 bits per heavy atom. The van der Waals surface area contributed by atoms with Crippen molar-refractivity contribution in [1.29, 1.82) is 0 Å². The second-order valence-corrected chi connectivity index (χ2v) is 4.39. The topological polar surface area (TPSA) is 47.3 Å². The van der Waals surface area contributed by atoms with Gasteiger partial charge in [-0.3, -0.25) is 0 Å². The van der Waals surface area contributed by atoms with Gasteiger partial charge >= 0.3 is 6.18 Å². The molecule has 3 N–H and O–H groups in total. The van der Waals surface area contributed by atoms with Gasteiger partial charge in [0.25, 0.3) is 0 Å². The number of anilines is 2. The summed E-state index contributed by atoms with van der Waals surface area (Å²) in [7, 11) is 1.58. The molecule has 0 radical (unpaired) electrons. The van der Waals surface area contributed by atoms with Gasteiger partial charge in [0, 0.05) is 13.2 Å². The molecule has 0 saturated heterocycles. The zero-order chi connectivity index (χ0) is 14.5. The highest BCUT2D eigenvalue weighted by Crippen LogP contribution is 2.33. The average molecular weight is 276 g/mol. The van der Waals surface area contributed by atoms with Gasteiger partial charge in [-0.05, 0) is 24.6 Å². The molecule has 6 heteroatoms. The molecule has 0 bridgehead atoms. The van der Waals surface area contributed by atoms with Crippen molar-refractivity contribution in [3.63, 3.8) is 0 Å². The van der Waals surface area contributed by atoms with Crippen LogP contribution in [0.2, 0.25) is 0 Å². The summed E-state index contributed by atoms with van der Waals surface area (Å²) in [5.41, 5.74) is 5.51. The van der Waals surface area contributed by atoms with Crippen LogP contribution in [0.3, 0.4) is 0 Å². The minimum atomic E-state index is -4.37. The van der Waals surface area contributed by atoms with E-state index in [9.17, 15) is 13.2 Å². The Kier molecular flexibility index (Phi) is 5.47. The molecule has 0 aliphatic heterocycles. The summed E-state index contributed by atoms with van der Waals surface area (Å²) in [6, 6.07) is 3.36. The van der Waals surface area contributed by atoms with Crippen LogP contribution in [-0.2, 0) is 10.9 Å². The minimum Gasteiger partial charge on any atom is -0.397 e. The number of hydrogen-bond donors (Lipinski definition) is 2. The van der Waals surface area contributed by atoms with Crippen LogP contribution in [0.25, 0.3) is 0 Å². The fraction of sp³-hybridized carbons (Fsp3) is 0.538. The van der Waals surface area contributed by atoms with Crippen molar-refractivity contribution in [1.82, 2.24) is 0 Å². The summed E-state index contributed by atoms with van der Waals surface area (Å²) in [6.07, 6.45) is -2.57. The number of benzene rings is 1. The molecule has 0 aliphatic rings. The van der Waals surface area contributed by atoms with Crippen molar-refractivity contribution < 1.29 is 17.9 Å². The zero-order valence-corrected chi connectivity index (χ0v) is 11.1. The van der Waals surface area contributed by atoms with Gasteiger partial charge in [0.2, 0.25) is 0 Å². The minimum absolute atomic E-state index is 0.0361. The van der Waals surface area contributed by atoms with E-state index in [1.54, 1.807) is 7.11 Å². The first-order valence-corrected chi connectivity index (χ1v) is 6.10. The lowest BCUT2D eigenvalue weighted by atomic mass is 10.1. The van der Waals surface area contributed by atoms with E-state index in [-0.39, 0.29) is 11.7 Å². The summed E-state index contributed by atoms with van der Waals surface area (Å²) < 4.78 is 42.6. The third-order valence-electron chi connectivity index (χ3n) is 2.74. The molecule has 0 aliphatic carbocycles. The molecule has 0 aromatic heterocycles. The molecule has 0 saturated carbocycles. The zero-order valence-electron chi connectivity index (χ0n) is 11.1. The standard InChI is InChI=1S/C13H19F3N2O/c1-3-4-10(8-19-2)18-12-6-5-9(7-11(12)17)13(14,15)16/h5-7,10,18H,3-4,8,17H2,1-2H3. The van der Waals surface area contributed by atoms with Crippen LogP contribution in [0.15, 0.2) is 18.2 Å². The lowest BCUT2D eigenvalue weighted by Gasteiger charge is -2.20. The molecule has 1 aromatic carbocycles. The van der Waals surface area contributed by atoms with Gasteiger partial charge in [-0.1, -0.05) is 13.3 Å². The van der Waals surface area contributed by atoms with Crippen LogP contribution >= 0.6 is 0 Å². The van der Waals surface area contributed by atoms with Crippen LogP contribution in [0.5, 0.6) is 0 Å². The number of hydrogen-bond acceptors (Lipinski definition) is 3. The second-order valence-electron chi connectivity index (χ2n) is 4.39. The van der Waals surface area contributed by atoms with E-state index in [1.165, 1.54) is 6.07 Å². The fourth-order valence-electron chi connectivity index (χ4n) is 1.84. The Balaban J connectivity index is 2.84. The molecule has 3 nitrogen and oxygen atoms in total. The number of rotatable bonds is 6. The predicted molar refractivity (Wildman–Crippen MR) is 70.1 cm³/mol. The lowest BCUT2D eigenvalue weighted by molar-refractivity contribution is -0.137. The lowest BCUT2D eigenvalue weighted by Crippen LogP contribution is -2.25. The van der Waals surface area contributed by atoms with E-state index < -0.39 is 11.7 Å². The van der Waals surface area contributed by atoms with E-state index >= 15 is 0 Å². The number of nitrogen functional groups attached to an aromatic ring is 1. The van der Waals surface area contributed by atoms with Crippen LogP contribution in [0.1, 0.15) is 25.3 Å². The maximum Gasteiger partial charge on any atom is 0.416 e. The molecule has 0 spiro atoms. The van der Waals surface area contributed by atoms with Crippen LogP contribution in [0, 0.1) is 0 Å². The van der Waals surface area contributed by atoms with E-state index in [2.05, 4.69) is 5.32 Å². The van der Waals surface area contributed by atoms with Gasteiger partial charge in [0.15, 0.2) is 0 Å². The van der Waals surface area contributed by atoms with Crippen LogP contribution < -0.4 is 11.1 Å². The van der Waals surface area contributed by atoms with Crippen molar-refractivity contribution in [2.45, 2.75) is 32.0 Å². The Labute approximate surface area is 110 Å². The normalized spacial score (nSPS) is 13.3. The van der Waals surface area contributed by atoms with Gasteiger partial charge in [0.1, 0.15) is 0 Å². The Morgan fingerprint density at radius 3 is 2.53 bits per heavy atom. The molecule has 0 heterocycles. The monoisotopic (exact) mass is 276 g/mol. The van der Waals surface area contributed by atoms with Gasteiger partial charge in [-0.25, -0.2) is 0 Å². The third-order valence-corrected chi connectivity index (χ3v) is 2.74. The van der Waals surface area contributed by atoms with E-state index in [4.69, 9.17) is 10.5 Å². The van der Waals surface area contributed by atoms with Gasteiger partial charge < -0.3 is 15.8 Å². The van der Waals surface area contributed by atoms with Crippen molar-refractivity contribution in [3.05, 3.63) is 23.8 Å². The number of methoxy groups -OCH3 is 1. The molecule has 1 rings (SSSR count). The number of halogens is 3. The summed E-state index contributed by atoms with van der Waals surface area (Å²) >= 11 is 0. The van der Waals surface area contributed by atoms with Crippen molar-refractivity contribution in [2.75, 3.05) is 24.8 Å². The molecule has 19 heavy (non-hydrogen) atoms. The Morgan fingerprint density at radius 2 is 2.05 bits per heavy atom. The SMILES string of the molecule is CCCC(COC)Nc1ccc(C(F)(F)F)cc1N. The summed E-state index contributed by atoms with van der Waals surface area (Å²) in [6.45, 7) is 2.51. The Hall–Kier alpha value is -1.43. The predicted octanol–water partition coefficient (Wildman–Crippen LogP) is 3.51. The highest BCUT2D eigenvalue weighted by molar-refractivity contribution is 5.67. The molecular weight excluding hydrogens is 257 g/mol. The first-order chi connectivity index (χ1) is 8.88. The van der Waals surface area contributed by atoms with Gasteiger partial charge in [-0.15, -0.1) is 0 Å². The number of ether oxygens (including phenoxy) is 1. The maximum absolute atomic E-state index is 12.5. The van der Waals surface area contributed by atoms with Crippen molar-refractivity contribution >= 4 is 11.4 Å². The summed E-state index contributed by atoms with van der Waals surface area (Å²) in [5.74, 6) is 0.